The van der Waals surface area contributed by atoms with Gasteiger partial charge in [0.2, 0.25) is 0 Å². The number of aliphatic hydroxyl groups excluding tert-OH is 1. The van der Waals surface area contributed by atoms with E-state index in [0.29, 0.717) is 12.1 Å². The molecular formula is C16H18N2O5S. The highest BCUT2D eigenvalue weighted by Crippen LogP contribution is 2.29. The number of sulfone groups is 1. The summed E-state index contributed by atoms with van der Waals surface area (Å²) in [6, 6.07) is 13.0. The van der Waals surface area contributed by atoms with Gasteiger partial charge in [0.15, 0.2) is 9.84 Å². The van der Waals surface area contributed by atoms with Crippen molar-refractivity contribution in [3.8, 4) is 0 Å². The third-order valence-electron chi connectivity index (χ3n) is 3.52. The maximum atomic E-state index is 11.8. The predicted octanol–water partition coefficient (Wildman–Crippen LogP) is 2.53. The number of nitro groups is 1. The third-order valence-corrected chi connectivity index (χ3v) is 4.64. The third kappa shape index (κ3) is 4.30. The zero-order chi connectivity index (χ0) is 17.7. The molecule has 0 bridgehead atoms. The minimum atomic E-state index is -3.74. The maximum Gasteiger partial charge on any atom is 0.288 e. The van der Waals surface area contributed by atoms with Crippen LogP contribution in [-0.2, 0) is 9.84 Å². The summed E-state index contributed by atoms with van der Waals surface area (Å²) in [5.41, 5.74) is 0.899. The zero-order valence-electron chi connectivity index (χ0n) is 13.0. The van der Waals surface area contributed by atoms with Gasteiger partial charge in [0.25, 0.3) is 5.69 Å². The first-order valence-electron chi connectivity index (χ1n) is 7.24. The SMILES string of the molecule is CS(=O)(=O)c1cc(N[C@@H](CCO)c2ccccc2)ccc1[N+](=O)[O-]. The molecule has 7 nitrogen and oxygen atoms in total. The van der Waals surface area contributed by atoms with Gasteiger partial charge >= 0.3 is 0 Å². The van der Waals surface area contributed by atoms with Crippen LogP contribution in [0.4, 0.5) is 11.4 Å². The quantitative estimate of drug-likeness (QED) is 0.586. The Hall–Kier alpha value is -2.45. The highest BCUT2D eigenvalue weighted by atomic mass is 32.2. The van der Waals surface area contributed by atoms with Gasteiger partial charge in [-0.2, -0.15) is 0 Å². The van der Waals surface area contributed by atoms with E-state index in [-0.39, 0.29) is 17.5 Å². The lowest BCUT2D eigenvalue weighted by Crippen LogP contribution is -2.13. The Kier molecular flexibility index (Phi) is 5.53. The first kappa shape index (κ1) is 17.9. The molecular weight excluding hydrogens is 332 g/mol. The summed E-state index contributed by atoms with van der Waals surface area (Å²) in [5, 5.41) is 23.4. The van der Waals surface area contributed by atoms with Gasteiger partial charge in [0, 0.05) is 24.6 Å². The van der Waals surface area contributed by atoms with Crippen molar-refractivity contribution in [1.82, 2.24) is 0 Å². The molecule has 0 aliphatic rings. The Morgan fingerprint density at radius 2 is 1.88 bits per heavy atom. The monoisotopic (exact) mass is 350 g/mol. The van der Waals surface area contributed by atoms with Crippen LogP contribution >= 0.6 is 0 Å². The highest BCUT2D eigenvalue weighted by Gasteiger charge is 2.23. The average Bonchev–Trinajstić information content (AvgIpc) is 2.54. The van der Waals surface area contributed by atoms with Crippen LogP contribution in [0.2, 0.25) is 0 Å². The van der Waals surface area contributed by atoms with Gasteiger partial charge in [-0.15, -0.1) is 0 Å². The molecule has 24 heavy (non-hydrogen) atoms. The van der Waals surface area contributed by atoms with E-state index in [9.17, 15) is 23.6 Å². The van der Waals surface area contributed by atoms with E-state index in [0.717, 1.165) is 11.8 Å². The fourth-order valence-corrected chi connectivity index (χ4v) is 3.25. The zero-order valence-corrected chi connectivity index (χ0v) is 13.9. The first-order chi connectivity index (χ1) is 11.3. The molecule has 0 aromatic heterocycles. The van der Waals surface area contributed by atoms with E-state index in [1.807, 2.05) is 30.3 Å². The van der Waals surface area contributed by atoms with Crippen molar-refractivity contribution < 1.29 is 18.4 Å². The van der Waals surface area contributed by atoms with E-state index >= 15 is 0 Å². The van der Waals surface area contributed by atoms with Crippen molar-refractivity contribution in [3.63, 3.8) is 0 Å². The minimum absolute atomic E-state index is 0.0571. The average molecular weight is 350 g/mol. The van der Waals surface area contributed by atoms with Gasteiger partial charge in [-0.25, -0.2) is 8.42 Å². The van der Waals surface area contributed by atoms with Gasteiger partial charge in [0.1, 0.15) is 4.90 Å². The Morgan fingerprint density at radius 1 is 1.21 bits per heavy atom. The Labute approximate surface area is 140 Å². The molecule has 0 unspecified atom stereocenters. The molecule has 0 saturated heterocycles. The molecule has 0 aliphatic carbocycles. The van der Waals surface area contributed by atoms with Gasteiger partial charge in [0.05, 0.1) is 11.0 Å². The molecule has 0 spiro atoms. The van der Waals surface area contributed by atoms with E-state index in [1.54, 1.807) is 0 Å². The molecule has 2 rings (SSSR count). The highest BCUT2D eigenvalue weighted by molar-refractivity contribution is 7.90. The Morgan fingerprint density at radius 3 is 2.42 bits per heavy atom. The number of rotatable bonds is 7. The Bertz CT molecular complexity index is 822. The predicted molar refractivity (Wildman–Crippen MR) is 90.7 cm³/mol. The number of anilines is 1. The second-order valence-electron chi connectivity index (χ2n) is 5.33. The molecule has 0 aliphatic heterocycles. The van der Waals surface area contributed by atoms with Crippen molar-refractivity contribution >= 4 is 21.2 Å². The summed E-state index contributed by atoms with van der Waals surface area (Å²) in [4.78, 5) is 9.95. The number of nitrogens with zero attached hydrogens (tertiary/aromatic N) is 1. The van der Waals surface area contributed by atoms with Crippen LogP contribution in [-0.4, -0.2) is 31.3 Å². The van der Waals surface area contributed by atoms with Crippen LogP contribution in [0.3, 0.4) is 0 Å². The van der Waals surface area contributed by atoms with E-state index in [1.165, 1.54) is 18.2 Å². The van der Waals surface area contributed by atoms with Gasteiger partial charge in [-0.05, 0) is 24.1 Å². The smallest absolute Gasteiger partial charge is 0.288 e. The van der Waals surface area contributed by atoms with Gasteiger partial charge in [-0.1, -0.05) is 30.3 Å². The fraction of sp³-hybridized carbons (Fsp3) is 0.250. The van der Waals surface area contributed by atoms with Crippen LogP contribution < -0.4 is 5.32 Å². The summed E-state index contributed by atoms with van der Waals surface area (Å²) in [7, 11) is -3.74. The van der Waals surface area contributed by atoms with E-state index in [2.05, 4.69) is 5.32 Å². The Balaban J connectivity index is 2.39. The minimum Gasteiger partial charge on any atom is -0.396 e. The standard InChI is InChI=1S/C16H18N2O5S/c1-24(22,23)16-11-13(7-8-15(16)18(20)21)17-14(9-10-19)12-5-3-2-4-6-12/h2-8,11,14,17,19H,9-10H2,1H3/t14-/m0/s1. The molecule has 128 valence electrons. The van der Waals surface area contributed by atoms with Crippen LogP contribution in [0.1, 0.15) is 18.0 Å². The summed E-state index contributed by atoms with van der Waals surface area (Å²) >= 11 is 0. The second kappa shape index (κ2) is 7.41. The van der Waals surface area contributed by atoms with E-state index < -0.39 is 20.4 Å². The number of aliphatic hydroxyl groups is 1. The first-order valence-corrected chi connectivity index (χ1v) is 9.13. The van der Waals surface area contributed by atoms with Crippen molar-refractivity contribution in [1.29, 1.82) is 0 Å². The normalized spacial score (nSPS) is 12.6. The fourth-order valence-electron chi connectivity index (χ4n) is 2.39. The topological polar surface area (TPSA) is 110 Å². The van der Waals surface area contributed by atoms with Crippen molar-refractivity contribution in [2.75, 3.05) is 18.2 Å². The van der Waals surface area contributed by atoms with Gasteiger partial charge in [-0.3, -0.25) is 10.1 Å². The molecule has 0 radical (unpaired) electrons. The summed E-state index contributed by atoms with van der Waals surface area (Å²) in [6.45, 7) is -0.0571. The largest absolute Gasteiger partial charge is 0.396 e. The number of benzene rings is 2. The summed E-state index contributed by atoms with van der Waals surface area (Å²) < 4.78 is 23.6. The van der Waals surface area contributed by atoms with Crippen molar-refractivity contribution in [2.45, 2.75) is 17.4 Å². The summed E-state index contributed by atoms with van der Waals surface area (Å²) in [5.74, 6) is 0. The van der Waals surface area contributed by atoms with Crippen LogP contribution in [0.15, 0.2) is 53.4 Å². The molecule has 2 aromatic carbocycles. The lowest BCUT2D eigenvalue weighted by Gasteiger charge is -2.20. The molecule has 0 heterocycles. The van der Waals surface area contributed by atoms with Crippen LogP contribution in [0.5, 0.6) is 0 Å². The van der Waals surface area contributed by atoms with E-state index in [4.69, 9.17) is 0 Å². The molecule has 0 fully saturated rings. The maximum absolute atomic E-state index is 11.8. The lowest BCUT2D eigenvalue weighted by molar-refractivity contribution is -0.387. The van der Waals surface area contributed by atoms with Crippen LogP contribution in [0, 0.1) is 10.1 Å². The van der Waals surface area contributed by atoms with Gasteiger partial charge < -0.3 is 10.4 Å². The lowest BCUT2D eigenvalue weighted by atomic mass is 10.0. The molecule has 8 heteroatoms. The number of hydrogen-bond donors (Lipinski definition) is 2. The molecule has 2 N–H and O–H groups in total. The number of nitrogens with one attached hydrogen (secondary N) is 1. The van der Waals surface area contributed by atoms with Crippen LogP contribution in [0.25, 0.3) is 0 Å². The molecule has 1 atom stereocenters. The number of nitro benzene ring substituents is 1. The molecule has 2 aromatic rings. The van der Waals surface area contributed by atoms with Crippen molar-refractivity contribution in [3.05, 3.63) is 64.2 Å². The van der Waals surface area contributed by atoms with Crippen molar-refractivity contribution in [2.24, 2.45) is 0 Å². The second-order valence-corrected chi connectivity index (χ2v) is 7.32. The summed E-state index contributed by atoms with van der Waals surface area (Å²) in [6.07, 6.45) is 1.34. The number of hydrogen-bond acceptors (Lipinski definition) is 6. The molecule has 0 saturated carbocycles. The molecule has 0 amide bonds.